The molecular formula is C21H17FO2S. The monoisotopic (exact) mass is 352 g/mol. The molecule has 25 heavy (non-hydrogen) atoms. The van der Waals surface area contributed by atoms with Gasteiger partial charge in [0.25, 0.3) is 0 Å². The fraction of sp³-hybridized carbons (Fsp3) is 0.0952. The van der Waals surface area contributed by atoms with E-state index in [0.29, 0.717) is 5.57 Å². The number of esters is 1. The number of halogens is 1. The van der Waals surface area contributed by atoms with Crippen LogP contribution in [0.15, 0.2) is 66.0 Å². The van der Waals surface area contributed by atoms with Crippen LogP contribution < -0.4 is 0 Å². The number of hydrogen-bond donors (Lipinski definition) is 0. The second-order valence-corrected chi connectivity index (χ2v) is 6.60. The molecule has 126 valence electrons. The van der Waals surface area contributed by atoms with Gasteiger partial charge in [-0.25, -0.2) is 9.18 Å². The van der Waals surface area contributed by atoms with Crippen molar-refractivity contribution in [3.8, 4) is 0 Å². The number of hydrogen-bond acceptors (Lipinski definition) is 3. The van der Waals surface area contributed by atoms with Crippen molar-refractivity contribution in [2.24, 2.45) is 0 Å². The topological polar surface area (TPSA) is 26.3 Å². The normalized spacial score (nSPS) is 11.4. The molecule has 0 aliphatic rings. The van der Waals surface area contributed by atoms with Crippen molar-refractivity contribution >= 4 is 29.0 Å². The number of rotatable bonds is 5. The van der Waals surface area contributed by atoms with Crippen molar-refractivity contribution in [1.82, 2.24) is 0 Å². The highest BCUT2D eigenvalue weighted by Gasteiger charge is 2.15. The van der Waals surface area contributed by atoms with Crippen molar-refractivity contribution < 1.29 is 13.9 Å². The van der Waals surface area contributed by atoms with Gasteiger partial charge in [0.2, 0.25) is 0 Å². The van der Waals surface area contributed by atoms with E-state index >= 15 is 0 Å². The van der Waals surface area contributed by atoms with E-state index in [1.165, 1.54) is 23.5 Å². The summed E-state index contributed by atoms with van der Waals surface area (Å²) in [5.74, 6) is -0.705. The molecule has 1 heterocycles. The molecule has 0 atom stereocenters. The largest absolute Gasteiger partial charge is 0.457 e. The average Bonchev–Trinajstić information content (AvgIpc) is 3.15. The van der Waals surface area contributed by atoms with Crippen molar-refractivity contribution in [2.75, 3.05) is 0 Å². The zero-order valence-electron chi connectivity index (χ0n) is 13.7. The van der Waals surface area contributed by atoms with Crippen LogP contribution in [0.25, 0.3) is 11.6 Å². The Hall–Kier alpha value is -2.72. The third-order valence-corrected chi connectivity index (χ3v) is 4.58. The maximum atomic E-state index is 13.1. The number of thiophene rings is 1. The molecule has 0 radical (unpaired) electrons. The Balaban J connectivity index is 1.80. The smallest absolute Gasteiger partial charge is 0.339 e. The molecular weight excluding hydrogens is 335 g/mol. The maximum absolute atomic E-state index is 13.1. The van der Waals surface area contributed by atoms with Gasteiger partial charge < -0.3 is 4.74 Å². The van der Waals surface area contributed by atoms with Gasteiger partial charge in [-0.3, -0.25) is 0 Å². The summed E-state index contributed by atoms with van der Waals surface area (Å²) in [6.45, 7) is 2.22. The predicted molar refractivity (Wildman–Crippen MR) is 99.6 cm³/mol. The first kappa shape index (κ1) is 17.1. The van der Waals surface area contributed by atoms with Crippen LogP contribution in [0, 0.1) is 12.7 Å². The molecule has 0 N–H and O–H groups in total. The zero-order chi connectivity index (χ0) is 17.6. The summed E-state index contributed by atoms with van der Waals surface area (Å²) in [6, 6.07) is 17.6. The van der Waals surface area contributed by atoms with Gasteiger partial charge >= 0.3 is 5.97 Å². The summed E-state index contributed by atoms with van der Waals surface area (Å²) in [5.41, 5.74) is 3.31. The van der Waals surface area contributed by atoms with Gasteiger partial charge in [0.1, 0.15) is 12.4 Å². The third-order valence-electron chi connectivity index (χ3n) is 3.68. The molecule has 3 aromatic rings. The first-order chi connectivity index (χ1) is 12.1. The number of aryl methyl sites for hydroxylation is 1. The maximum Gasteiger partial charge on any atom is 0.339 e. The quantitative estimate of drug-likeness (QED) is 0.449. The van der Waals surface area contributed by atoms with Crippen molar-refractivity contribution in [3.05, 3.63) is 93.4 Å². The van der Waals surface area contributed by atoms with Crippen LogP contribution in [0.5, 0.6) is 0 Å². The molecule has 3 rings (SSSR count). The molecule has 0 saturated carbocycles. The van der Waals surface area contributed by atoms with E-state index in [2.05, 4.69) is 0 Å². The molecule has 0 bridgehead atoms. The minimum atomic E-state index is -0.396. The number of benzene rings is 2. The first-order valence-corrected chi connectivity index (χ1v) is 8.73. The van der Waals surface area contributed by atoms with Crippen molar-refractivity contribution in [1.29, 1.82) is 0 Å². The highest BCUT2D eigenvalue weighted by Crippen LogP contribution is 2.25. The van der Waals surface area contributed by atoms with Gasteiger partial charge in [-0.05, 0) is 47.7 Å². The standard InChI is InChI=1S/C21H17FO2S/c1-15-4-6-17(7-5-15)14-24-21(23)19(20-3-2-12-25-20)13-16-8-10-18(22)11-9-16/h2-13H,14H2,1H3/b19-13+. The Morgan fingerprint density at radius 1 is 1.08 bits per heavy atom. The second kappa shape index (κ2) is 7.90. The third kappa shape index (κ3) is 4.64. The highest BCUT2D eigenvalue weighted by molar-refractivity contribution is 7.11. The number of carbonyl (C=O) groups is 1. The summed E-state index contributed by atoms with van der Waals surface area (Å²) in [7, 11) is 0. The molecule has 0 fully saturated rings. The minimum Gasteiger partial charge on any atom is -0.457 e. The van der Waals surface area contributed by atoms with Gasteiger partial charge in [-0.15, -0.1) is 11.3 Å². The van der Waals surface area contributed by atoms with Crippen LogP contribution in [0.2, 0.25) is 0 Å². The Kier molecular flexibility index (Phi) is 5.41. The molecule has 4 heteroatoms. The fourth-order valence-electron chi connectivity index (χ4n) is 2.30. The van der Waals surface area contributed by atoms with E-state index in [1.807, 2.05) is 48.7 Å². The van der Waals surface area contributed by atoms with Gasteiger partial charge in [0.05, 0.1) is 5.57 Å². The Morgan fingerprint density at radius 2 is 1.80 bits per heavy atom. The van der Waals surface area contributed by atoms with Crippen LogP contribution in [-0.4, -0.2) is 5.97 Å². The lowest BCUT2D eigenvalue weighted by molar-refractivity contribution is -0.137. The number of ether oxygens (including phenoxy) is 1. The molecule has 0 spiro atoms. The molecule has 0 unspecified atom stereocenters. The summed E-state index contributed by atoms with van der Waals surface area (Å²) in [5, 5.41) is 1.90. The fourth-order valence-corrected chi connectivity index (χ4v) is 3.03. The summed E-state index contributed by atoms with van der Waals surface area (Å²) in [6.07, 6.45) is 1.72. The second-order valence-electron chi connectivity index (χ2n) is 5.65. The Labute approximate surface area is 150 Å². The van der Waals surface area contributed by atoms with Crippen molar-refractivity contribution in [3.63, 3.8) is 0 Å². The van der Waals surface area contributed by atoms with Gasteiger partial charge in [0.15, 0.2) is 0 Å². The minimum absolute atomic E-state index is 0.214. The molecule has 0 aliphatic heterocycles. The van der Waals surface area contributed by atoms with Crippen LogP contribution >= 0.6 is 11.3 Å². The van der Waals surface area contributed by atoms with E-state index in [4.69, 9.17) is 4.74 Å². The summed E-state index contributed by atoms with van der Waals surface area (Å²) < 4.78 is 18.6. The number of carbonyl (C=O) groups excluding carboxylic acids is 1. The zero-order valence-corrected chi connectivity index (χ0v) is 14.6. The first-order valence-electron chi connectivity index (χ1n) is 7.85. The predicted octanol–water partition coefficient (Wildman–Crippen LogP) is 5.48. The van der Waals surface area contributed by atoms with Crippen LogP contribution in [0.3, 0.4) is 0 Å². The van der Waals surface area contributed by atoms with Crippen LogP contribution in [0.1, 0.15) is 21.6 Å². The molecule has 2 nitrogen and oxygen atoms in total. The van der Waals surface area contributed by atoms with E-state index in [1.54, 1.807) is 18.2 Å². The van der Waals surface area contributed by atoms with Crippen LogP contribution in [0.4, 0.5) is 4.39 Å². The average molecular weight is 352 g/mol. The highest BCUT2D eigenvalue weighted by atomic mass is 32.1. The lowest BCUT2D eigenvalue weighted by Gasteiger charge is -2.08. The Morgan fingerprint density at radius 3 is 2.44 bits per heavy atom. The summed E-state index contributed by atoms with van der Waals surface area (Å²) in [4.78, 5) is 13.4. The molecule has 0 aliphatic carbocycles. The van der Waals surface area contributed by atoms with E-state index in [-0.39, 0.29) is 12.4 Å². The van der Waals surface area contributed by atoms with E-state index in [9.17, 15) is 9.18 Å². The van der Waals surface area contributed by atoms with E-state index in [0.717, 1.165) is 21.6 Å². The molecule has 0 amide bonds. The lowest BCUT2D eigenvalue weighted by atomic mass is 10.1. The summed E-state index contributed by atoms with van der Waals surface area (Å²) >= 11 is 1.46. The molecule has 0 saturated heterocycles. The molecule has 2 aromatic carbocycles. The SMILES string of the molecule is Cc1ccc(COC(=O)/C(=C/c2ccc(F)cc2)c2cccs2)cc1. The van der Waals surface area contributed by atoms with E-state index < -0.39 is 5.97 Å². The lowest BCUT2D eigenvalue weighted by Crippen LogP contribution is -2.06. The van der Waals surface area contributed by atoms with Gasteiger partial charge in [0, 0.05) is 4.88 Å². The molecule has 1 aromatic heterocycles. The Bertz CT molecular complexity index is 863. The van der Waals surface area contributed by atoms with Crippen molar-refractivity contribution in [2.45, 2.75) is 13.5 Å². The van der Waals surface area contributed by atoms with Gasteiger partial charge in [-0.2, -0.15) is 0 Å². The van der Waals surface area contributed by atoms with Crippen LogP contribution in [-0.2, 0) is 16.1 Å². The van der Waals surface area contributed by atoms with Gasteiger partial charge in [-0.1, -0.05) is 48.0 Å².